The molecule has 3 heterocycles. The largest absolute Gasteiger partial charge is 0.353 e. The van der Waals surface area contributed by atoms with Crippen LogP contribution in [-0.2, 0) is 9.59 Å². The smallest absolute Gasteiger partial charge is 0.265 e. The highest BCUT2D eigenvalue weighted by atomic mass is 35.5. The van der Waals surface area contributed by atoms with Crippen molar-refractivity contribution in [2.24, 2.45) is 0 Å². The highest BCUT2D eigenvalue weighted by Gasteiger charge is 2.44. The number of rotatable bonds is 7. The van der Waals surface area contributed by atoms with Crippen LogP contribution in [-0.4, -0.2) is 32.3 Å². The summed E-state index contributed by atoms with van der Waals surface area (Å²) in [6, 6.07) is 16.4. The zero-order chi connectivity index (χ0) is 22.8. The first-order chi connectivity index (χ1) is 16.1. The van der Waals surface area contributed by atoms with Crippen molar-refractivity contribution in [1.29, 1.82) is 0 Å². The maximum Gasteiger partial charge on any atom is 0.265 e. The van der Waals surface area contributed by atoms with Crippen LogP contribution in [0.4, 0.5) is 11.4 Å². The topological polar surface area (TPSA) is 90.1 Å². The van der Waals surface area contributed by atoms with E-state index >= 15 is 0 Å². The first-order valence-corrected chi connectivity index (χ1v) is 12.2. The number of amides is 2. The number of aromatic amines is 1. The van der Waals surface area contributed by atoms with Crippen LogP contribution >= 0.6 is 34.7 Å². The standard InChI is InChI=1S/C23H18ClN5O2S2/c24-18-3-1-2-4-19(18)33-21-22(30)28-29(23(21)31)20(15-9-10-32-13-15)14-5-7-16(8-6-14)27-17-11-25-26-12-17/h1-13,20-21,27H,(H,25,26)(H,28,30). The van der Waals surface area contributed by atoms with Gasteiger partial charge in [-0.25, -0.2) is 5.01 Å². The summed E-state index contributed by atoms with van der Waals surface area (Å²) in [4.78, 5) is 26.9. The zero-order valence-corrected chi connectivity index (χ0v) is 19.5. The Kier molecular flexibility index (Phi) is 6.08. The molecule has 10 heteroatoms. The number of hydrazine groups is 1. The average molecular weight is 496 g/mol. The Labute approximate surface area is 203 Å². The molecule has 2 amide bonds. The molecule has 2 aromatic carbocycles. The second kappa shape index (κ2) is 9.30. The lowest BCUT2D eigenvalue weighted by Crippen LogP contribution is -2.39. The number of nitrogens with one attached hydrogen (secondary N) is 3. The predicted molar refractivity (Wildman–Crippen MR) is 131 cm³/mol. The third-order valence-corrected chi connectivity index (χ3v) is 7.55. The Morgan fingerprint density at radius 3 is 2.58 bits per heavy atom. The van der Waals surface area contributed by atoms with Gasteiger partial charge in [-0.05, 0) is 52.2 Å². The van der Waals surface area contributed by atoms with Gasteiger partial charge >= 0.3 is 0 Å². The number of carbonyl (C=O) groups excluding carboxylic acids is 2. The molecule has 1 saturated heterocycles. The number of thioether (sulfide) groups is 1. The van der Waals surface area contributed by atoms with Gasteiger partial charge in [0.25, 0.3) is 11.8 Å². The van der Waals surface area contributed by atoms with Gasteiger partial charge in [-0.15, -0.1) is 11.8 Å². The summed E-state index contributed by atoms with van der Waals surface area (Å²) >= 11 is 8.95. The quantitative estimate of drug-likeness (QED) is 0.314. The van der Waals surface area contributed by atoms with Crippen molar-refractivity contribution in [1.82, 2.24) is 20.6 Å². The van der Waals surface area contributed by atoms with Crippen molar-refractivity contribution in [2.75, 3.05) is 5.32 Å². The maximum absolute atomic E-state index is 13.4. The Morgan fingerprint density at radius 1 is 1.06 bits per heavy atom. The lowest BCUT2D eigenvalue weighted by molar-refractivity contribution is -0.131. The summed E-state index contributed by atoms with van der Waals surface area (Å²) in [5, 5.41) is 14.9. The molecule has 0 aliphatic carbocycles. The van der Waals surface area contributed by atoms with Crippen molar-refractivity contribution in [3.63, 3.8) is 0 Å². The number of aromatic nitrogens is 2. The van der Waals surface area contributed by atoms with Crippen molar-refractivity contribution in [2.45, 2.75) is 16.2 Å². The molecule has 2 aromatic heterocycles. The number of hydrogen-bond donors (Lipinski definition) is 3. The van der Waals surface area contributed by atoms with Gasteiger partial charge < -0.3 is 5.32 Å². The van der Waals surface area contributed by atoms with Crippen LogP contribution in [0.3, 0.4) is 0 Å². The highest BCUT2D eigenvalue weighted by Crippen LogP contribution is 2.37. The second-order valence-electron chi connectivity index (χ2n) is 7.31. The SMILES string of the molecule is O=C1NN(C(c2ccc(Nc3cn[nH]c3)cc2)c2ccsc2)C(=O)C1Sc1ccccc1Cl. The summed E-state index contributed by atoms with van der Waals surface area (Å²) in [7, 11) is 0. The van der Waals surface area contributed by atoms with E-state index in [9.17, 15) is 9.59 Å². The Morgan fingerprint density at radius 2 is 1.88 bits per heavy atom. The Bertz CT molecular complexity index is 1260. The number of carbonyl (C=O) groups is 2. The van der Waals surface area contributed by atoms with Gasteiger partial charge in [-0.3, -0.25) is 20.1 Å². The van der Waals surface area contributed by atoms with Gasteiger partial charge in [0, 0.05) is 16.8 Å². The molecule has 1 aliphatic heterocycles. The molecule has 5 rings (SSSR count). The van der Waals surface area contributed by atoms with E-state index in [2.05, 4.69) is 20.9 Å². The number of halogens is 1. The normalized spacial score (nSPS) is 16.6. The number of nitrogens with zero attached hydrogens (tertiary/aromatic N) is 2. The van der Waals surface area contributed by atoms with E-state index in [1.165, 1.54) is 16.3 Å². The van der Waals surface area contributed by atoms with E-state index in [1.807, 2.05) is 53.2 Å². The van der Waals surface area contributed by atoms with Gasteiger partial charge in [0.2, 0.25) is 0 Å². The van der Waals surface area contributed by atoms with E-state index in [4.69, 9.17) is 11.6 Å². The van der Waals surface area contributed by atoms with E-state index < -0.39 is 11.3 Å². The van der Waals surface area contributed by atoms with Gasteiger partial charge in [-0.1, -0.05) is 35.9 Å². The van der Waals surface area contributed by atoms with Gasteiger partial charge in [0.15, 0.2) is 5.25 Å². The molecule has 33 heavy (non-hydrogen) atoms. The number of thiophene rings is 1. The van der Waals surface area contributed by atoms with E-state index in [0.29, 0.717) is 9.92 Å². The van der Waals surface area contributed by atoms with Crippen LogP contribution in [0.2, 0.25) is 5.02 Å². The lowest BCUT2D eigenvalue weighted by Gasteiger charge is -2.27. The van der Waals surface area contributed by atoms with E-state index in [0.717, 1.165) is 34.3 Å². The van der Waals surface area contributed by atoms with Crippen molar-refractivity contribution in [3.05, 3.63) is 93.9 Å². The Balaban J connectivity index is 1.42. The fourth-order valence-corrected chi connectivity index (χ4v) is 5.50. The molecular weight excluding hydrogens is 478 g/mol. The van der Waals surface area contributed by atoms with E-state index in [-0.39, 0.29) is 11.8 Å². The molecule has 166 valence electrons. The second-order valence-corrected chi connectivity index (χ2v) is 9.64. The number of benzene rings is 2. The van der Waals surface area contributed by atoms with E-state index in [1.54, 1.807) is 24.5 Å². The summed E-state index contributed by atoms with van der Waals surface area (Å²) in [5.74, 6) is -0.662. The summed E-state index contributed by atoms with van der Waals surface area (Å²) in [5.41, 5.74) is 6.32. The van der Waals surface area contributed by atoms with Gasteiger partial charge in [0.1, 0.15) is 6.04 Å². The summed E-state index contributed by atoms with van der Waals surface area (Å²) in [6.45, 7) is 0. The fraction of sp³-hybridized carbons (Fsp3) is 0.0870. The highest BCUT2D eigenvalue weighted by molar-refractivity contribution is 8.01. The van der Waals surface area contributed by atoms with Crippen LogP contribution in [0.25, 0.3) is 0 Å². The summed E-state index contributed by atoms with van der Waals surface area (Å²) in [6.07, 6.45) is 3.45. The number of anilines is 2. The molecular formula is C23H18ClN5O2S2. The molecule has 4 aromatic rings. The third-order valence-electron chi connectivity index (χ3n) is 5.14. The lowest BCUT2D eigenvalue weighted by atomic mass is 10.00. The van der Waals surface area contributed by atoms with Crippen molar-refractivity contribution in [3.8, 4) is 0 Å². The molecule has 3 N–H and O–H groups in total. The maximum atomic E-state index is 13.4. The molecule has 0 saturated carbocycles. The van der Waals surface area contributed by atoms with Crippen LogP contribution in [0, 0.1) is 0 Å². The molecule has 2 unspecified atom stereocenters. The number of hydrogen-bond acceptors (Lipinski definition) is 6. The predicted octanol–water partition coefficient (Wildman–Crippen LogP) is 4.99. The van der Waals surface area contributed by atoms with Crippen LogP contribution in [0.1, 0.15) is 17.2 Å². The molecule has 0 spiro atoms. The minimum atomic E-state index is -0.909. The summed E-state index contributed by atoms with van der Waals surface area (Å²) < 4.78 is 0. The van der Waals surface area contributed by atoms with Crippen LogP contribution in [0.15, 0.2) is 82.6 Å². The minimum Gasteiger partial charge on any atom is -0.353 e. The first-order valence-electron chi connectivity index (χ1n) is 10.0. The Hall–Kier alpha value is -3.27. The molecule has 0 bridgehead atoms. The number of H-pyrrole nitrogens is 1. The van der Waals surface area contributed by atoms with Gasteiger partial charge in [0.05, 0.1) is 16.9 Å². The van der Waals surface area contributed by atoms with Crippen LogP contribution in [0.5, 0.6) is 0 Å². The fourth-order valence-electron chi connectivity index (χ4n) is 3.59. The molecule has 7 nitrogen and oxygen atoms in total. The monoisotopic (exact) mass is 495 g/mol. The zero-order valence-electron chi connectivity index (χ0n) is 17.1. The first kappa shape index (κ1) is 21.6. The van der Waals surface area contributed by atoms with Crippen LogP contribution < -0.4 is 10.7 Å². The van der Waals surface area contributed by atoms with Crippen molar-refractivity contribution < 1.29 is 9.59 Å². The molecule has 2 atom stereocenters. The van der Waals surface area contributed by atoms with Gasteiger partial charge in [-0.2, -0.15) is 16.4 Å². The van der Waals surface area contributed by atoms with Crippen molar-refractivity contribution >= 4 is 57.9 Å². The third kappa shape index (κ3) is 4.47. The minimum absolute atomic E-state index is 0.304. The molecule has 1 aliphatic rings. The molecule has 0 radical (unpaired) electrons. The average Bonchev–Trinajstić information content (AvgIpc) is 3.57. The molecule has 1 fully saturated rings.